The Morgan fingerprint density at radius 1 is 1.25 bits per heavy atom. The van der Waals surface area contributed by atoms with Gasteiger partial charge < -0.3 is 5.73 Å². The normalized spacial score (nSPS) is 13.2. The van der Waals surface area contributed by atoms with Crippen LogP contribution in [0.2, 0.25) is 0 Å². The fraction of sp³-hybridized carbons (Fsp3) is 0.200. The van der Waals surface area contributed by atoms with E-state index in [9.17, 15) is 9.59 Å². The molecular formula is C15H18N2O3. The number of nitrogen functional groups attached to an aromatic ring is 1. The number of benzene rings is 1. The summed E-state index contributed by atoms with van der Waals surface area (Å²) in [4.78, 5) is 23.0. The summed E-state index contributed by atoms with van der Waals surface area (Å²) in [7, 11) is 0. The number of carbonyl (C=O) groups is 2. The van der Waals surface area contributed by atoms with Gasteiger partial charge in [-0.1, -0.05) is 24.6 Å². The molecule has 0 aliphatic heterocycles. The number of hydroxylamine groups is 1. The van der Waals surface area contributed by atoms with Crippen LogP contribution in [0.5, 0.6) is 0 Å². The predicted octanol–water partition coefficient (Wildman–Crippen LogP) is 2.10. The Hall–Kier alpha value is -2.40. The van der Waals surface area contributed by atoms with Crippen LogP contribution in [0.4, 0.5) is 5.69 Å². The number of nitrogens with two attached hydrogens (primary N) is 1. The zero-order valence-electron chi connectivity index (χ0n) is 11.5. The topological polar surface area (TPSA) is 92.4 Å². The molecule has 0 aliphatic carbocycles. The Labute approximate surface area is 117 Å². The van der Waals surface area contributed by atoms with E-state index in [1.807, 2.05) is 0 Å². The fourth-order valence-corrected chi connectivity index (χ4v) is 1.68. The standard InChI is InChI=1S/C15H18N2O3/c1-10(3-8-14(18)17-20)9-11(2)15(19)12-4-6-13(16)7-5-12/h3-9,11,20H,16H2,1-2H3,(H,17,18)/b8-3+,10-9+/t11-/m1/s1. The highest BCUT2D eigenvalue weighted by Crippen LogP contribution is 2.14. The lowest BCUT2D eigenvalue weighted by atomic mass is 9.97. The molecule has 0 aromatic heterocycles. The molecule has 106 valence electrons. The molecule has 0 spiro atoms. The summed E-state index contributed by atoms with van der Waals surface area (Å²) in [5.74, 6) is -0.958. The molecule has 0 radical (unpaired) electrons. The van der Waals surface area contributed by atoms with Crippen molar-refractivity contribution in [2.45, 2.75) is 13.8 Å². The second-order valence-electron chi connectivity index (χ2n) is 4.50. The maximum absolute atomic E-state index is 12.2. The molecule has 1 amide bonds. The Morgan fingerprint density at radius 2 is 1.85 bits per heavy atom. The van der Waals surface area contributed by atoms with Gasteiger partial charge in [-0.3, -0.25) is 14.8 Å². The van der Waals surface area contributed by atoms with Crippen molar-refractivity contribution in [2.24, 2.45) is 5.92 Å². The molecule has 0 saturated carbocycles. The third-order valence-electron chi connectivity index (χ3n) is 2.73. The molecule has 1 rings (SSSR count). The lowest BCUT2D eigenvalue weighted by Gasteiger charge is -2.07. The van der Waals surface area contributed by atoms with Crippen LogP contribution in [-0.4, -0.2) is 16.9 Å². The zero-order valence-corrected chi connectivity index (χ0v) is 11.5. The molecule has 0 aliphatic rings. The largest absolute Gasteiger partial charge is 0.399 e. The van der Waals surface area contributed by atoms with Gasteiger partial charge in [0.2, 0.25) is 0 Å². The summed E-state index contributed by atoms with van der Waals surface area (Å²) < 4.78 is 0. The number of allylic oxidation sites excluding steroid dienone is 3. The molecule has 0 heterocycles. The monoisotopic (exact) mass is 274 g/mol. The van der Waals surface area contributed by atoms with Crippen LogP contribution in [0.1, 0.15) is 24.2 Å². The smallest absolute Gasteiger partial charge is 0.267 e. The number of rotatable bonds is 5. The molecule has 20 heavy (non-hydrogen) atoms. The summed E-state index contributed by atoms with van der Waals surface area (Å²) in [5.41, 5.74) is 9.03. The van der Waals surface area contributed by atoms with Gasteiger partial charge in [-0.05, 0) is 31.2 Å². The Bertz CT molecular complexity index is 545. The van der Waals surface area contributed by atoms with Crippen LogP contribution in [0.3, 0.4) is 0 Å². The van der Waals surface area contributed by atoms with Gasteiger partial charge in [-0.25, -0.2) is 5.48 Å². The minimum absolute atomic E-state index is 0.0237. The highest BCUT2D eigenvalue weighted by atomic mass is 16.5. The number of amides is 1. The number of ketones is 1. The molecule has 4 N–H and O–H groups in total. The summed E-state index contributed by atoms with van der Waals surface area (Å²) in [6.07, 6.45) is 4.46. The molecule has 5 heteroatoms. The van der Waals surface area contributed by atoms with Crippen molar-refractivity contribution < 1.29 is 14.8 Å². The molecule has 0 bridgehead atoms. The summed E-state index contributed by atoms with van der Waals surface area (Å²) >= 11 is 0. The molecule has 5 nitrogen and oxygen atoms in total. The average Bonchev–Trinajstić information content (AvgIpc) is 2.44. The van der Waals surface area contributed by atoms with E-state index in [-0.39, 0.29) is 11.7 Å². The van der Waals surface area contributed by atoms with Gasteiger partial charge in [0.25, 0.3) is 5.91 Å². The predicted molar refractivity (Wildman–Crippen MR) is 77.2 cm³/mol. The molecule has 0 fully saturated rings. The van der Waals surface area contributed by atoms with E-state index in [1.165, 1.54) is 17.6 Å². The molecule has 1 atom stereocenters. The number of nitrogens with one attached hydrogen (secondary N) is 1. The molecule has 0 saturated heterocycles. The van der Waals surface area contributed by atoms with Crippen LogP contribution in [0.15, 0.2) is 48.1 Å². The lowest BCUT2D eigenvalue weighted by Crippen LogP contribution is -2.15. The first-order chi connectivity index (χ1) is 9.43. The van der Waals surface area contributed by atoms with Gasteiger partial charge in [0.1, 0.15) is 0 Å². The summed E-state index contributed by atoms with van der Waals surface area (Å²) in [6.45, 7) is 3.55. The third kappa shape index (κ3) is 4.70. The molecule has 1 aromatic carbocycles. The third-order valence-corrected chi connectivity index (χ3v) is 2.73. The minimum Gasteiger partial charge on any atom is -0.399 e. The van der Waals surface area contributed by atoms with Crippen molar-refractivity contribution in [3.05, 3.63) is 53.6 Å². The first kappa shape index (κ1) is 15.7. The molecular weight excluding hydrogens is 256 g/mol. The van der Waals surface area contributed by atoms with Crippen molar-refractivity contribution >= 4 is 17.4 Å². The Morgan fingerprint density at radius 3 is 2.40 bits per heavy atom. The van der Waals surface area contributed by atoms with Crippen LogP contribution in [-0.2, 0) is 4.79 Å². The number of Topliss-reactive ketones (excluding diaryl/α,β-unsaturated/α-hetero) is 1. The minimum atomic E-state index is -0.615. The number of hydrogen-bond donors (Lipinski definition) is 3. The average molecular weight is 274 g/mol. The van der Waals surface area contributed by atoms with E-state index in [1.54, 1.807) is 44.2 Å². The highest BCUT2D eigenvalue weighted by molar-refractivity contribution is 5.99. The fourth-order valence-electron chi connectivity index (χ4n) is 1.68. The molecule has 1 aromatic rings. The van der Waals surface area contributed by atoms with Crippen molar-refractivity contribution in [1.82, 2.24) is 5.48 Å². The summed E-state index contributed by atoms with van der Waals surface area (Å²) in [6, 6.07) is 6.74. The Kier molecular flexibility index (Phi) is 5.68. The second-order valence-corrected chi connectivity index (χ2v) is 4.50. The second kappa shape index (κ2) is 7.25. The van der Waals surface area contributed by atoms with E-state index in [2.05, 4.69) is 0 Å². The van der Waals surface area contributed by atoms with Gasteiger partial charge in [-0.15, -0.1) is 0 Å². The van der Waals surface area contributed by atoms with Gasteiger partial charge in [-0.2, -0.15) is 0 Å². The van der Waals surface area contributed by atoms with E-state index in [0.29, 0.717) is 11.3 Å². The van der Waals surface area contributed by atoms with E-state index in [0.717, 1.165) is 5.57 Å². The highest BCUT2D eigenvalue weighted by Gasteiger charge is 2.12. The maximum atomic E-state index is 12.2. The SMILES string of the molecule is CC(/C=C/C(=O)NO)=C\[C@@H](C)C(=O)c1ccc(N)cc1. The maximum Gasteiger partial charge on any atom is 0.267 e. The quantitative estimate of drug-likeness (QED) is 0.191. The van der Waals surface area contributed by atoms with E-state index in [4.69, 9.17) is 10.9 Å². The van der Waals surface area contributed by atoms with Crippen LogP contribution in [0.25, 0.3) is 0 Å². The van der Waals surface area contributed by atoms with Gasteiger partial charge in [0, 0.05) is 23.2 Å². The van der Waals surface area contributed by atoms with Crippen molar-refractivity contribution in [3.63, 3.8) is 0 Å². The van der Waals surface area contributed by atoms with Gasteiger partial charge >= 0.3 is 0 Å². The summed E-state index contributed by atoms with van der Waals surface area (Å²) in [5, 5.41) is 8.35. The Balaban J connectivity index is 2.76. The van der Waals surface area contributed by atoms with Crippen molar-refractivity contribution in [2.75, 3.05) is 5.73 Å². The van der Waals surface area contributed by atoms with Crippen LogP contribution >= 0.6 is 0 Å². The van der Waals surface area contributed by atoms with E-state index < -0.39 is 5.91 Å². The van der Waals surface area contributed by atoms with Gasteiger partial charge in [0.05, 0.1) is 0 Å². The molecule has 0 unspecified atom stereocenters. The van der Waals surface area contributed by atoms with Crippen LogP contribution in [0, 0.1) is 5.92 Å². The van der Waals surface area contributed by atoms with Crippen molar-refractivity contribution in [1.29, 1.82) is 0 Å². The van der Waals surface area contributed by atoms with Gasteiger partial charge in [0.15, 0.2) is 5.78 Å². The van der Waals surface area contributed by atoms with Crippen molar-refractivity contribution in [3.8, 4) is 0 Å². The first-order valence-corrected chi connectivity index (χ1v) is 6.14. The van der Waals surface area contributed by atoms with Crippen LogP contribution < -0.4 is 11.2 Å². The lowest BCUT2D eigenvalue weighted by molar-refractivity contribution is -0.124. The number of carbonyl (C=O) groups excluding carboxylic acids is 2. The number of anilines is 1. The van der Waals surface area contributed by atoms with E-state index >= 15 is 0 Å². The first-order valence-electron chi connectivity index (χ1n) is 6.14. The zero-order chi connectivity index (χ0) is 15.1. The number of hydrogen-bond acceptors (Lipinski definition) is 4.